The molecule has 23 heavy (non-hydrogen) atoms. The molecule has 7 nitrogen and oxygen atoms in total. The lowest BCUT2D eigenvalue weighted by atomic mass is 10.1. The quantitative estimate of drug-likeness (QED) is 0.787. The van der Waals surface area contributed by atoms with Crippen LogP contribution in [-0.4, -0.2) is 31.0 Å². The average molecular weight is 314 g/mol. The van der Waals surface area contributed by atoms with Gasteiger partial charge in [-0.3, -0.25) is 0 Å². The Morgan fingerprint density at radius 2 is 2.13 bits per heavy atom. The van der Waals surface area contributed by atoms with Gasteiger partial charge in [0.15, 0.2) is 0 Å². The lowest BCUT2D eigenvalue weighted by Crippen LogP contribution is -2.37. The number of hydrogen-bond donors (Lipinski definition) is 1. The molecule has 0 spiro atoms. The van der Waals surface area contributed by atoms with Gasteiger partial charge in [-0.25, -0.2) is 14.1 Å². The van der Waals surface area contributed by atoms with E-state index in [9.17, 15) is 4.39 Å². The van der Waals surface area contributed by atoms with Crippen LogP contribution in [0.4, 0.5) is 4.39 Å². The highest BCUT2D eigenvalue weighted by Crippen LogP contribution is 2.18. The summed E-state index contributed by atoms with van der Waals surface area (Å²) >= 11 is 0. The number of hydrogen-bond acceptors (Lipinski definition) is 6. The van der Waals surface area contributed by atoms with Crippen molar-refractivity contribution in [3.63, 3.8) is 0 Å². The number of rotatable bonds is 4. The highest BCUT2D eigenvalue weighted by Gasteiger charge is 2.20. The van der Waals surface area contributed by atoms with E-state index in [1.807, 2.05) is 4.68 Å². The third-order valence-electron chi connectivity index (χ3n) is 3.91. The topological polar surface area (TPSA) is 81.7 Å². The highest BCUT2D eigenvalue weighted by atomic mass is 19.1. The first-order chi connectivity index (χ1) is 11.3. The van der Waals surface area contributed by atoms with Gasteiger partial charge in [-0.05, 0) is 30.7 Å². The minimum absolute atomic E-state index is 0.292. The highest BCUT2D eigenvalue weighted by molar-refractivity contribution is 5.51. The Labute approximate surface area is 131 Å². The lowest BCUT2D eigenvalue weighted by Gasteiger charge is -2.22. The third kappa shape index (κ3) is 2.98. The summed E-state index contributed by atoms with van der Waals surface area (Å²) in [5.74, 6) is 1.64. The Morgan fingerprint density at radius 3 is 3.00 bits per heavy atom. The summed E-state index contributed by atoms with van der Waals surface area (Å²) in [4.78, 5) is 4.21. The molecule has 118 valence electrons. The fourth-order valence-corrected chi connectivity index (χ4v) is 2.67. The van der Waals surface area contributed by atoms with Gasteiger partial charge in [0.1, 0.15) is 18.0 Å². The number of nitrogens with one attached hydrogen (secondary N) is 1. The number of aromatic nitrogens is 5. The van der Waals surface area contributed by atoms with E-state index in [2.05, 4.69) is 25.6 Å². The van der Waals surface area contributed by atoms with Crippen molar-refractivity contribution in [3.8, 4) is 11.5 Å². The van der Waals surface area contributed by atoms with Gasteiger partial charge in [-0.1, -0.05) is 0 Å². The second-order valence-electron chi connectivity index (χ2n) is 5.48. The number of fused-ring (bicyclic) bond motifs is 1. The lowest BCUT2D eigenvalue weighted by molar-refractivity contribution is 0.342. The van der Waals surface area contributed by atoms with Crippen molar-refractivity contribution < 1.29 is 8.81 Å². The predicted molar refractivity (Wildman–Crippen MR) is 78.7 cm³/mol. The van der Waals surface area contributed by atoms with E-state index >= 15 is 0 Å². The van der Waals surface area contributed by atoms with E-state index in [1.165, 1.54) is 12.1 Å². The van der Waals surface area contributed by atoms with Crippen molar-refractivity contribution in [2.45, 2.75) is 32.0 Å². The Hall–Kier alpha value is -2.61. The molecule has 1 N–H and O–H groups in total. The molecule has 0 radical (unpaired) electrons. The molecule has 0 bridgehead atoms. The number of benzene rings is 1. The van der Waals surface area contributed by atoms with Crippen LogP contribution in [0.15, 0.2) is 35.0 Å². The van der Waals surface area contributed by atoms with Crippen LogP contribution in [-0.2, 0) is 19.5 Å². The van der Waals surface area contributed by atoms with Crippen molar-refractivity contribution in [2.24, 2.45) is 0 Å². The van der Waals surface area contributed by atoms with Gasteiger partial charge in [0, 0.05) is 18.0 Å². The third-order valence-corrected chi connectivity index (χ3v) is 3.91. The van der Waals surface area contributed by atoms with Crippen LogP contribution in [0, 0.1) is 5.82 Å². The largest absolute Gasteiger partial charge is 0.419 e. The minimum Gasteiger partial charge on any atom is -0.419 e. The maximum absolute atomic E-state index is 12.9. The van der Waals surface area contributed by atoms with Crippen LogP contribution in [0.3, 0.4) is 0 Å². The van der Waals surface area contributed by atoms with Crippen LogP contribution in [0.2, 0.25) is 0 Å². The summed E-state index contributed by atoms with van der Waals surface area (Å²) in [6, 6.07) is 6.27. The minimum atomic E-state index is -0.292. The molecule has 0 amide bonds. The predicted octanol–water partition coefficient (Wildman–Crippen LogP) is 1.57. The summed E-state index contributed by atoms with van der Waals surface area (Å²) in [5.41, 5.74) is 0.704. The molecular formula is C15H15FN6O. The van der Waals surface area contributed by atoms with Crippen molar-refractivity contribution >= 4 is 0 Å². The van der Waals surface area contributed by atoms with Gasteiger partial charge in [0.2, 0.25) is 11.8 Å². The monoisotopic (exact) mass is 314 g/mol. The molecule has 0 saturated carbocycles. The van der Waals surface area contributed by atoms with E-state index in [4.69, 9.17) is 4.42 Å². The van der Waals surface area contributed by atoms with E-state index in [0.717, 1.165) is 25.2 Å². The van der Waals surface area contributed by atoms with Crippen molar-refractivity contribution in [1.29, 1.82) is 0 Å². The van der Waals surface area contributed by atoms with Crippen molar-refractivity contribution in [1.82, 2.24) is 30.3 Å². The van der Waals surface area contributed by atoms with Gasteiger partial charge >= 0.3 is 0 Å². The first-order valence-electron chi connectivity index (χ1n) is 7.46. The summed E-state index contributed by atoms with van der Waals surface area (Å²) in [6.07, 6.45) is 3.49. The van der Waals surface area contributed by atoms with Crippen LogP contribution >= 0.6 is 0 Å². The standard InChI is InChI=1S/C15H15FN6O/c16-11-3-1-10(2-4-11)15-21-20-14(23-15)7-17-12-5-6-13-18-9-19-22(13)8-12/h1-4,9,12,17H,5-8H2/t12-/m0/s1. The summed E-state index contributed by atoms with van der Waals surface area (Å²) in [7, 11) is 0. The van der Waals surface area contributed by atoms with Gasteiger partial charge in [0.05, 0.1) is 13.1 Å². The molecule has 0 fully saturated rings. The van der Waals surface area contributed by atoms with Gasteiger partial charge < -0.3 is 9.73 Å². The zero-order chi connectivity index (χ0) is 15.6. The summed E-state index contributed by atoms with van der Waals surface area (Å²) in [6.45, 7) is 1.27. The summed E-state index contributed by atoms with van der Waals surface area (Å²) < 4.78 is 20.5. The molecule has 1 aromatic carbocycles. The second-order valence-corrected chi connectivity index (χ2v) is 5.48. The summed E-state index contributed by atoms with van der Waals surface area (Å²) in [5, 5.41) is 15.6. The average Bonchev–Trinajstić information content (AvgIpc) is 3.22. The van der Waals surface area contributed by atoms with Crippen LogP contribution < -0.4 is 5.32 Å². The molecule has 8 heteroatoms. The van der Waals surface area contributed by atoms with Crippen LogP contribution in [0.1, 0.15) is 18.1 Å². The number of halogens is 1. The molecule has 2 aromatic heterocycles. The molecule has 1 aliphatic rings. The number of aryl methyl sites for hydroxylation is 1. The SMILES string of the molecule is Fc1ccc(-c2nnc(CN[C@H]3CCc4ncnn4C3)o2)cc1. The molecule has 0 saturated heterocycles. The fraction of sp³-hybridized carbons (Fsp3) is 0.333. The number of nitrogens with zero attached hydrogens (tertiary/aromatic N) is 5. The van der Waals surface area contributed by atoms with E-state index in [0.29, 0.717) is 29.9 Å². The molecule has 1 aliphatic heterocycles. The molecular weight excluding hydrogens is 299 g/mol. The molecule has 0 aliphatic carbocycles. The maximum atomic E-state index is 12.9. The zero-order valence-electron chi connectivity index (χ0n) is 12.3. The fourth-order valence-electron chi connectivity index (χ4n) is 2.67. The molecule has 3 aromatic rings. The molecule has 3 heterocycles. The normalized spacial score (nSPS) is 17.2. The smallest absolute Gasteiger partial charge is 0.247 e. The Balaban J connectivity index is 1.38. The Bertz CT molecular complexity index is 796. The van der Waals surface area contributed by atoms with Crippen molar-refractivity contribution in [3.05, 3.63) is 48.1 Å². The molecule has 4 rings (SSSR count). The molecule has 1 atom stereocenters. The van der Waals surface area contributed by atoms with Gasteiger partial charge in [-0.15, -0.1) is 10.2 Å². The Kier molecular flexibility index (Phi) is 3.58. The van der Waals surface area contributed by atoms with E-state index < -0.39 is 0 Å². The van der Waals surface area contributed by atoms with Crippen LogP contribution in [0.5, 0.6) is 0 Å². The second kappa shape index (κ2) is 5.88. The first kappa shape index (κ1) is 14.0. The zero-order valence-corrected chi connectivity index (χ0v) is 12.3. The first-order valence-corrected chi connectivity index (χ1v) is 7.46. The van der Waals surface area contributed by atoms with Crippen molar-refractivity contribution in [2.75, 3.05) is 0 Å². The van der Waals surface area contributed by atoms with Gasteiger partial charge in [-0.2, -0.15) is 5.10 Å². The van der Waals surface area contributed by atoms with E-state index in [-0.39, 0.29) is 5.82 Å². The maximum Gasteiger partial charge on any atom is 0.247 e. The van der Waals surface area contributed by atoms with Crippen LogP contribution in [0.25, 0.3) is 11.5 Å². The van der Waals surface area contributed by atoms with Gasteiger partial charge in [0.25, 0.3) is 0 Å². The molecule has 0 unspecified atom stereocenters. The Morgan fingerprint density at radius 1 is 1.26 bits per heavy atom. The van der Waals surface area contributed by atoms with E-state index in [1.54, 1.807) is 18.5 Å².